The minimum absolute atomic E-state index is 0.0982. The van der Waals surface area contributed by atoms with Gasteiger partial charge in [0, 0.05) is 18.7 Å². The van der Waals surface area contributed by atoms with E-state index in [9.17, 15) is 9.90 Å². The molecule has 1 amide bonds. The molecule has 4 nitrogen and oxygen atoms in total. The van der Waals surface area contributed by atoms with Crippen LogP contribution in [0.4, 0.5) is 0 Å². The van der Waals surface area contributed by atoms with Crippen LogP contribution < -0.4 is 5.32 Å². The molecule has 104 valence electrons. The second-order valence-corrected chi connectivity index (χ2v) is 5.03. The lowest BCUT2D eigenvalue weighted by Crippen LogP contribution is -2.29. The highest BCUT2D eigenvalue weighted by molar-refractivity contribution is 5.94. The van der Waals surface area contributed by atoms with Gasteiger partial charge in [0.05, 0.1) is 6.10 Å². The van der Waals surface area contributed by atoms with E-state index in [-0.39, 0.29) is 17.8 Å². The highest BCUT2D eigenvalue weighted by Gasteiger charge is 2.14. The second-order valence-electron chi connectivity index (χ2n) is 5.03. The van der Waals surface area contributed by atoms with Crippen molar-refractivity contribution in [1.82, 2.24) is 5.32 Å². The van der Waals surface area contributed by atoms with Gasteiger partial charge < -0.3 is 15.2 Å². The molecule has 2 rings (SSSR count). The lowest BCUT2D eigenvalue weighted by molar-refractivity contribution is 0.0117. The lowest BCUT2D eigenvalue weighted by Gasteiger charge is -2.22. The van der Waals surface area contributed by atoms with Crippen molar-refractivity contribution in [2.75, 3.05) is 13.2 Å². The zero-order valence-corrected chi connectivity index (χ0v) is 11.3. The number of rotatable bonds is 4. The smallest absolute Gasteiger partial charge is 0.251 e. The average molecular weight is 263 g/mol. The Morgan fingerprint density at radius 2 is 2.32 bits per heavy atom. The summed E-state index contributed by atoms with van der Waals surface area (Å²) in [4.78, 5) is 11.9. The minimum atomic E-state index is -0.0982. The van der Waals surface area contributed by atoms with Gasteiger partial charge in [0.15, 0.2) is 0 Å². The minimum Gasteiger partial charge on any atom is -0.508 e. The van der Waals surface area contributed by atoms with Crippen LogP contribution in [0.15, 0.2) is 18.2 Å². The number of hydrogen-bond acceptors (Lipinski definition) is 3. The van der Waals surface area contributed by atoms with E-state index in [1.54, 1.807) is 25.1 Å². The highest BCUT2D eigenvalue weighted by Crippen LogP contribution is 2.17. The Hall–Kier alpha value is -1.55. The SMILES string of the molecule is Cc1cc(C(=O)NCCC2CCCCO2)ccc1O. The van der Waals surface area contributed by atoms with E-state index in [1.165, 1.54) is 6.42 Å². The Morgan fingerprint density at radius 1 is 1.47 bits per heavy atom. The summed E-state index contributed by atoms with van der Waals surface area (Å²) in [5.74, 6) is 0.117. The molecule has 1 aromatic rings. The topological polar surface area (TPSA) is 58.6 Å². The van der Waals surface area contributed by atoms with Crippen LogP contribution in [-0.4, -0.2) is 30.3 Å². The Bertz CT molecular complexity index is 439. The maximum Gasteiger partial charge on any atom is 0.251 e. The van der Waals surface area contributed by atoms with E-state index in [2.05, 4.69) is 5.32 Å². The van der Waals surface area contributed by atoms with Gasteiger partial charge in [-0.25, -0.2) is 0 Å². The first kappa shape index (κ1) is 13.9. The average Bonchev–Trinajstić information content (AvgIpc) is 2.43. The monoisotopic (exact) mass is 263 g/mol. The Labute approximate surface area is 113 Å². The number of aromatic hydroxyl groups is 1. The number of phenolic OH excluding ortho intramolecular Hbond substituents is 1. The third kappa shape index (κ3) is 3.96. The van der Waals surface area contributed by atoms with E-state index >= 15 is 0 Å². The Kier molecular flexibility index (Phi) is 4.80. The zero-order valence-electron chi connectivity index (χ0n) is 11.3. The fraction of sp³-hybridized carbons (Fsp3) is 0.533. The summed E-state index contributed by atoms with van der Waals surface area (Å²) in [6.45, 7) is 3.25. The van der Waals surface area contributed by atoms with Crippen molar-refractivity contribution in [3.63, 3.8) is 0 Å². The first-order chi connectivity index (χ1) is 9.16. The number of benzene rings is 1. The van der Waals surface area contributed by atoms with Gasteiger partial charge in [-0.05, 0) is 56.4 Å². The molecule has 1 aliphatic heterocycles. The Balaban J connectivity index is 1.78. The second kappa shape index (κ2) is 6.57. The molecule has 19 heavy (non-hydrogen) atoms. The van der Waals surface area contributed by atoms with Gasteiger partial charge >= 0.3 is 0 Å². The molecule has 0 bridgehead atoms. The predicted octanol–water partition coefficient (Wildman–Crippen LogP) is 2.39. The first-order valence-electron chi connectivity index (χ1n) is 6.86. The number of carbonyl (C=O) groups excluding carboxylic acids is 1. The largest absolute Gasteiger partial charge is 0.508 e. The molecule has 1 fully saturated rings. The van der Waals surface area contributed by atoms with Gasteiger partial charge in [-0.15, -0.1) is 0 Å². The van der Waals surface area contributed by atoms with Gasteiger partial charge in [-0.1, -0.05) is 0 Å². The van der Waals surface area contributed by atoms with Gasteiger partial charge in [-0.3, -0.25) is 4.79 Å². The van der Waals surface area contributed by atoms with E-state index in [0.717, 1.165) is 25.9 Å². The fourth-order valence-corrected chi connectivity index (χ4v) is 2.28. The van der Waals surface area contributed by atoms with E-state index in [1.807, 2.05) is 0 Å². The summed E-state index contributed by atoms with van der Waals surface area (Å²) in [6.07, 6.45) is 4.61. The maximum absolute atomic E-state index is 11.9. The molecule has 1 aliphatic rings. The zero-order chi connectivity index (χ0) is 13.7. The van der Waals surface area contributed by atoms with Crippen molar-refractivity contribution in [3.05, 3.63) is 29.3 Å². The van der Waals surface area contributed by atoms with Crippen molar-refractivity contribution in [2.45, 2.75) is 38.7 Å². The summed E-state index contributed by atoms with van der Waals surface area (Å²) in [5.41, 5.74) is 1.29. The fourth-order valence-electron chi connectivity index (χ4n) is 2.28. The van der Waals surface area contributed by atoms with Crippen LogP contribution in [0, 0.1) is 6.92 Å². The lowest BCUT2D eigenvalue weighted by atomic mass is 10.1. The van der Waals surface area contributed by atoms with E-state index in [0.29, 0.717) is 17.7 Å². The van der Waals surface area contributed by atoms with Gasteiger partial charge in [-0.2, -0.15) is 0 Å². The normalized spacial score (nSPS) is 19.1. The molecule has 1 saturated heterocycles. The molecular formula is C15H21NO3. The Morgan fingerprint density at radius 3 is 3.00 bits per heavy atom. The van der Waals surface area contributed by atoms with Crippen LogP contribution >= 0.6 is 0 Å². The van der Waals surface area contributed by atoms with Crippen LogP contribution in [-0.2, 0) is 4.74 Å². The molecule has 1 atom stereocenters. The summed E-state index contributed by atoms with van der Waals surface area (Å²) in [6, 6.07) is 4.88. The molecule has 0 saturated carbocycles. The number of carbonyl (C=O) groups is 1. The standard InChI is InChI=1S/C15H21NO3/c1-11-10-12(5-6-14(11)17)15(18)16-8-7-13-4-2-3-9-19-13/h5-6,10,13,17H,2-4,7-9H2,1H3,(H,16,18). The predicted molar refractivity (Wildman–Crippen MR) is 73.4 cm³/mol. The molecule has 1 aromatic carbocycles. The number of nitrogens with one attached hydrogen (secondary N) is 1. The molecule has 2 N–H and O–H groups in total. The third-order valence-corrected chi connectivity index (χ3v) is 3.48. The number of amides is 1. The third-order valence-electron chi connectivity index (χ3n) is 3.48. The number of aryl methyl sites for hydroxylation is 1. The molecular weight excluding hydrogens is 242 g/mol. The summed E-state index contributed by atoms with van der Waals surface area (Å²) < 4.78 is 5.62. The summed E-state index contributed by atoms with van der Waals surface area (Å²) >= 11 is 0. The molecule has 0 aliphatic carbocycles. The molecule has 0 spiro atoms. The highest BCUT2D eigenvalue weighted by atomic mass is 16.5. The van der Waals surface area contributed by atoms with Crippen molar-refractivity contribution in [2.24, 2.45) is 0 Å². The van der Waals surface area contributed by atoms with Crippen LogP contribution in [0.5, 0.6) is 5.75 Å². The quantitative estimate of drug-likeness (QED) is 0.877. The van der Waals surface area contributed by atoms with Gasteiger partial charge in [0.25, 0.3) is 5.91 Å². The van der Waals surface area contributed by atoms with Crippen molar-refractivity contribution < 1.29 is 14.6 Å². The van der Waals surface area contributed by atoms with Crippen LogP contribution in [0.25, 0.3) is 0 Å². The molecule has 4 heteroatoms. The van der Waals surface area contributed by atoms with E-state index < -0.39 is 0 Å². The van der Waals surface area contributed by atoms with Crippen LogP contribution in [0.1, 0.15) is 41.6 Å². The van der Waals surface area contributed by atoms with Crippen molar-refractivity contribution in [3.8, 4) is 5.75 Å². The summed E-state index contributed by atoms with van der Waals surface area (Å²) in [7, 11) is 0. The van der Waals surface area contributed by atoms with E-state index in [4.69, 9.17) is 4.74 Å². The number of hydrogen-bond donors (Lipinski definition) is 2. The molecule has 0 aromatic heterocycles. The number of ether oxygens (including phenoxy) is 1. The van der Waals surface area contributed by atoms with Crippen LogP contribution in [0.2, 0.25) is 0 Å². The molecule has 1 unspecified atom stereocenters. The maximum atomic E-state index is 11.9. The number of phenols is 1. The van der Waals surface area contributed by atoms with Gasteiger partial charge in [0.1, 0.15) is 5.75 Å². The van der Waals surface area contributed by atoms with Crippen LogP contribution in [0.3, 0.4) is 0 Å². The van der Waals surface area contributed by atoms with Crippen molar-refractivity contribution in [1.29, 1.82) is 0 Å². The first-order valence-corrected chi connectivity index (χ1v) is 6.86. The molecule has 0 radical (unpaired) electrons. The summed E-state index contributed by atoms with van der Waals surface area (Å²) in [5, 5.41) is 12.3. The van der Waals surface area contributed by atoms with Gasteiger partial charge in [0.2, 0.25) is 0 Å². The molecule has 1 heterocycles. The van der Waals surface area contributed by atoms with Crippen molar-refractivity contribution >= 4 is 5.91 Å².